The number of piperidine rings is 1. The number of fused-ring (bicyclic) bond motifs is 1. The molecule has 2 atom stereocenters. The molecule has 0 aromatic carbocycles. The number of hydrogen-bond donors (Lipinski definition) is 1. The van der Waals surface area contributed by atoms with Gasteiger partial charge in [-0.15, -0.1) is 0 Å². The molecule has 1 aliphatic carbocycles. The zero-order valence-corrected chi connectivity index (χ0v) is 12.7. The summed E-state index contributed by atoms with van der Waals surface area (Å²) in [5.74, 6) is 1.11. The van der Waals surface area contributed by atoms with Gasteiger partial charge in [-0.25, -0.2) is 9.97 Å². The lowest BCUT2D eigenvalue weighted by atomic mass is 9.98. The Morgan fingerprint density at radius 3 is 2.90 bits per heavy atom. The van der Waals surface area contributed by atoms with Gasteiger partial charge in [-0.1, -0.05) is 6.42 Å². The summed E-state index contributed by atoms with van der Waals surface area (Å²) in [6.07, 6.45) is 10.3. The van der Waals surface area contributed by atoms with Gasteiger partial charge in [-0.3, -0.25) is 0 Å². The van der Waals surface area contributed by atoms with E-state index in [0.29, 0.717) is 12.1 Å². The quantitative estimate of drug-likeness (QED) is 0.842. The molecule has 0 amide bonds. The SMILES string of the molecule is CC1CC(Nc2ncnc3c2CCCCC3)CCN1C. The van der Waals surface area contributed by atoms with Crippen LogP contribution < -0.4 is 5.32 Å². The van der Waals surface area contributed by atoms with Crippen molar-refractivity contribution in [3.8, 4) is 0 Å². The van der Waals surface area contributed by atoms with Gasteiger partial charge in [0.05, 0.1) is 0 Å². The smallest absolute Gasteiger partial charge is 0.133 e. The molecule has 1 fully saturated rings. The average molecular weight is 274 g/mol. The van der Waals surface area contributed by atoms with Gasteiger partial charge in [-0.2, -0.15) is 0 Å². The molecule has 0 bridgehead atoms. The van der Waals surface area contributed by atoms with E-state index in [0.717, 1.165) is 18.7 Å². The molecule has 2 aliphatic rings. The maximum Gasteiger partial charge on any atom is 0.133 e. The fourth-order valence-corrected chi connectivity index (χ4v) is 3.44. The number of rotatable bonds is 2. The molecule has 2 unspecified atom stereocenters. The number of likely N-dealkylation sites (tertiary alicyclic amines) is 1. The normalized spacial score (nSPS) is 27.7. The van der Waals surface area contributed by atoms with Gasteiger partial charge >= 0.3 is 0 Å². The van der Waals surface area contributed by atoms with E-state index in [1.807, 2.05) is 0 Å². The maximum absolute atomic E-state index is 4.54. The highest BCUT2D eigenvalue weighted by atomic mass is 15.2. The predicted octanol–water partition coefficient (Wildman–Crippen LogP) is 2.64. The maximum atomic E-state index is 4.54. The van der Waals surface area contributed by atoms with Crippen LogP contribution in [0.1, 0.15) is 50.3 Å². The number of nitrogens with one attached hydrogen (secondary N) is 1. The first kappa shape index (κ1) is 13.8. The zero-order chi connectivity index (χ0) is 13.9. The number of anilines is 1. The van der Waals surface area contributed by atoms with Crippen molar-refractivity contribution in [2.24, 2.45) is 0 Å². The molecule has 2 heterocycles. The van der Waals surface area contributed by atoms with Gasteiger partial charge < -0.3 is 10.2 Å². The third kappa shape index (κ3) is 2.95. The first-order valence-electron chi connectivity index (χ1n) is 8.03. The molecule has 0 radical (unpaired) electrons. The summed E-state index contributed by atoms with van der Waals surface area (Å²) >= 11 is 0. The van der Waals surface area contributed by atoms with Gasteiger partial charge in [0.15, 0.2) is 0 Å². The molecule has 4 heteroatoms. The van der Waals surface area contributed by atoms with Crippen molar-refractivity contribution >= 4 is 5.82 Å². The summed E-state index contributed by atoms with van der Waals surface area (Å²) in [4.78, 5) is 11.5. The summed E-state index contributed by atoms with van der Waals surface area (Å²) < 4.78 is 0. The number of aryl methyl sites for hydroxylation is 1. The molecule has 0 spiro atoms. The monoisotopic (exact) mass is 274 g/mol. The van der Waals surface area contributed by atoms with Crippen molar-refractivity contribution in [1.29, 1.82) is 0 Å². The van der Waals surface area contributed by atoms with Crippen molar-refractivity contribution in [3.63, 3.8) is 0 Å². The molecule has 1 aromatic rings. The first-order valence-corrected chi connectivity index (χ1v) is 8.03. The summed E-state index contributed by atoms with van der Waals surface area (Å²) in [6.45, 7) is 3.49. The molecule has 20 heavy (non-hydrogen) atoms. The fourth-order valence-electron chi connectivity index (χ4n) is 3.44. The van der Waals surface area contributed by atoms with E-state index < -0.39 is 0 Å². The Hall–Kier alpha value is -1.16. The highest BCUT2D eigenvalue weighted by Crippen LogP contribution is 2.26. The lowest BCUT2D eigenvalue weighted by Crippen LogP contribution is -2.42. The third-order valence-electron chi connectivity index (χ3n) is 4.92. The minimum atomic E-state index is 0.559. The van der Waals surface area contributed by atoms with Crippen LogP contribution in [-0.4, -0.2) is 40.5 Å². The number of aromatic nitrogens is 2. The van der Waals surface area contributed by atoms with Gasteiger partial charge in [-0.05, 0) is 52.5 Å². The van der Waals surface area contributed by atoms with Gasteiger partial charge in [0.2, 0.25) is 0 Å². The van der Waals surface area contributed by atoms with Crippen molar-refractivity contribution in [2.45, 2.75) is 64.0 Å². The molecular formula is C16H26N4. The Labute approximate surface area is 122 Å². The Morgan fingerprint density at radius 2 is 2.05 bits per heavy atom. The molecule has 1 aromatic heterocycles. The van der Waals surface area contributed by atoms with Crippen LogP contribution in [0.25, 0.3) is 0 Å². The summed E-state index contributed by atoms with van der Waals surface area (Å²) in [5, 5.41) is 3.71. The first-order chi connectivity index (χ1) is 9.74. The van der Waals surface area contributed by atoms with E-state index in [1.165, 1.54) is 49.9 Å². The van der Waals surface area contributed by atoms with Gasteiger partial charge in [0, 0.05) is 29.9 Å². The number of nitrogens with zero attached hydrogens (tertiary/aromatic N) is 3. The van der Waals surface area contributed by atoms with Crippen LogP contribution in [0.15, 0.2) is 6.33 Å². The lowest BCUT2D eigenvalue weighted by Gasteiger charge is -2.35. The third-order valence-corrected chi connectivity index (χ3v) is 4.92. The largest absolute Gasteiger partial charge is 0.367 e. The summed E-state index contributed by atoms with van der Waals surface area (Å²) in [6, 6.07) is 1.21. The van der Waals surface area contributed by atoms with E-state index >= 15 is 0 Å². The fraction of sp³-hybridized carbons (Fsp3) is 0.750. The van der Waals surface area contributed by atoms with Crippen LogP contribution in [0.2, 0.25) is 0 Å². The van der Waals surface area contributed by atoms with Gasteiger partial charge in [0.1, 0.15) is 12.1 Å². The van der Waals surface area contributed by atoms with Crippen LogP contribution >= 0.6 is 0 Å². The minimum absolute atomic E-state index is 0.559. The highest BCUT2D eigenvalue weighted by molar-refractivity contribution is 5.47. The molecule has 1 aliphatic heterocycles. The van der Waals surface area contributed by atoms with E-state index in [2.05, 4.69) is 34.2 Å². The Kier molecular flexibility index (Phi) is 4.20. The molecular weight excluding hydrogens is 248 g/mol. The molecule has 0 saturated carbocycles. The van der Waals surface area contributed by atoms with Crippen molar-refractivity contribution in [1.82, 2.24) is 14.9 Å². The highest BCUT2D eigenvalue weighted by Gasteiger charge is 2.24. The average Bonchev–Trinajstić information content (AvgIpc) is 2.69. The summed E-state index contributed by atoms with van der Waals surface area (Å²) in [5.41, 5.74) is 2.66. The predicted molar refractivity (Wildman–Crippen MR) is 82.0 cm³/mol. The van der Waals surface area contributed by atoms with Crippen LogP contribution in [0.3, 0.4) is 0 Å². The van der Waals surface area contributed by atoms with Crippen LogP contribution in [0.4, 0.5) is 5.82 Å². The second-order valence-corrected chi connectivity index (χ2v) is 6.40. The molecule has 1 saturated heterocycles. The van der Waals surface area contributed by atoms with Gasteiger partial charge in [0.25, 0.3) is 0 Å². The molecule has 110 valence electrons. The standard InChI is InChI=1S/C16H26N4/c1-12-10-13(8-9-20(12)2)19-16-14-6-4-3-5-7-15(14)17-11-18-16/h11-13H,3-10H2,1-2H3,(H,17,18,19). The van der Waals surface area contributed by atoms with Crippen molar-refractivity contribution in [3.05, 3.63) is 17.6 Å². The van der Waals surface area contributed by atoms with Crippen molar-refractivity contribution < 1.29 is 0 Å². The Balaban J connectivity index is 1.74. The molecule has 4 nitrogen and oxygen atoms in total. The van der Waals surface area contributed by atoms with Crippen LogP contribution in [0.5, 0.6) is 0 Å². The van der Waals surface area contributed by atoms with E-state index in [-0.39, 0.29) is 0 Å². The topological polar surface area (TPSA) is 41.1 Å². The van der Waals surface area contributed by atoms with Crippen molar-refractivity contribution in [2.75, 3.05) is 18.9 Å². The van der Waals surface area contributed by atoms with E-state index in [4.69, 9.17) is 0 Å². The zero-order valence-electron chi connectivity index (χ0n) is 12.7. The van der Waals surface area contributed by atoms with E-state index in [1.54, 1.807) is 6.33 Å². The molecule has 3 rings (SSSR count). The van der Waals surface area contributed by atoms with Crippen LogP contribution in [-0.2, 0) is 12.8 Å². The Morgan fingerprint density at radius 1 is 1.20 bits per heavy atom. The molecule has 1 N–H and O–H groups in total. The van der Waals surface area contributed by atoms with E-state index in [9.17, 15) is 0 Å². The summed E-state index contributed by atoms with van der Waals surface area (Å²) in [7, 11) is 2.22. The number of hydrogen-bond acceptors (Lipinski definition) is 4. The second kappa shape index (κ2) is 6.08. The lowest BCUT2D eigenvalue weighted by molar-refractivity contribution is 0.190. The Bertz CT molecular complexity index is 460. The second-order valence-electron chi connectivity index (χ2n) is 6.40. The minimum Gasteiger partial charge on any atom is -0.367 e. The van der Waals surface area contributed by atoms with Crippen LogP contribution in [0, 0.1) is 0 Å².